The number of phenols is 1. The maximum atomic E-state index is 11.4. The zero-order valence-electron chi connectivity index (χ0n) is 10.3. The van der Waals surface area contributed by atoms with Crippen LogP contribution >= 0.6 is 15.9 Å². The molecule has 1 atom stereocenters. The largest absolute Gasteiger partial charge is 0.507 e. The van der Waals surface area contributed by atoms with Crippen molar-refractivity contribution in [1.29, 1.82) is 0 Å². The second-order valence-corrected chi connectivity index (χ2v) is 7.81. The fourth-order valence-electron chi connectivity index (χ4n) is 2.16. The summed E-state index contributed by atoms with van der Waals surface area (Å²) in [5.74, 6) is 0.779. The highest BCUT2D eigenvalue weighted by atomic mass is 79.9. The Kier molecular flexibility index (Phi) is 3.29. The number of halogens is 1. The molecule has 0 spiro atoms. The lowest BCUT2D eigenvalue weighted by Crippen LogP contribution is -2.04. The molecular formula is C12H11BrN2O4S. The van der Waals surface area contributed by atoms with Gasteiger partial charge in [0.1, 0.15) is 5.75 Å². The predicted molar refractivity (Wildman–Crippen MR) is 75.1 cm³/mol. The van der Waals surface area contributed by atoms with Crippen LogP contribution in [0.3, 0.4) is 0 Å². The summed E-state index contributed by atoms with van der Waals surface area (Å²) in [6.45, 7) is 0. The normalized spacial score (nSPS) is 21.1. The molecule has 1 saturated heterocycles. The van der Waals surface area contributed by atoms with Crippen molar-refractivity contribution < 1.29 is 18.0 Å². The van der Waals surface area contributed by atoms with Gasteiger partial charge in [-0.3, -0.25) is 0 Å². The second-order valence-electron chi connectivity index (χ2n) is 4.72. The lowest BCUT2D eigenvalue weighted by Gasteiger charge is -1.99. The van der Waals surface area contributed by atoms with Gasteiger partial charge in [0.2, 0.25) is 0 Å². The number of benzene rings is 1. The van der Waals surface area contributed by atoms with Crippen LogP contribution in [0.25, 0.3) is 11.5 Å². The standard InChI is InChI=1S/C12H11BrN2O4S/c13-9-2-1-7(5-10(9)16)12-14-11(15-19-12)8-3-4-20(17,18)6-8/h1-2,5,8,16H,3-4,6H2. The van der Waals surface area contributed by atoms with Gasteiger partial charge in [-0.1, -0.05) is 5.16 Å². The molecule has 0 amide bonds. The van der Waals surface area contributed by atoms with Crippen LogP contribution in [-0.4, -0.2) is 35.2 Å². The fraction of sp³-hybridized carbons (Fsp3) is 0.333. The zero-order chi connectivity index (χ0) is 14.3. The van der Waals surface area contributed by atoms with Crippen molar-refractivity contribution in [2.45, 2.75) is 12.3 Å². The maximum absolute atomic E-state index is 11.4. The van der Waals surface area contributed by atoms with E-state index in [-0.39, 0.29) is 29.1 Å². The number of rotatable bonds is 2. The number of hydrogen-bond acceptors (Lipinski definition) is 6. The molecule has 106 valence electrons. The maximum Gasteiger partial charge on any atom is 0.258 e. The van der Waals surface area contributed by atoms with E-state index in [9.17, 15) is 13.5 Å². The first-order valence-electron chi connectivity index (χ1n) is 5.97. The molecule has 0 bridgehead atoms. The van der Waals surface area contributed by atoms with Gasteiger partial charge in [0, 0.05) is 11.5 Å². The highest BCUT2D eigenvalue weighted by Gasteiger charge is 2.32. The van der Waals surface area contributed by atoms with Crippen LogP contribution in [0.1, 0.15) is 18.2 Å². The molecule has 0 saturated carbocycles. The summed E-state index contributed by atoms with van der Waals surface area (Å²) in [6.07, 6.45) is 0.521. The minimum atomic E-state index is -2.98. The summed E-state index contributed by atoms with van der Waals surface area (Å²) >= 11 is 3.19. The summed E-state index contributed by atoms with van der Waals surface area (Å²) < 4.78 is 28.6. The van der Waals surface area contributed by atoms with Crippen molar-refractivity contribution in [3.8, 4) is 17.2 Å². The van der Waals surface area contributed by atoms with E-state index in [2.05, 4.69) is 26.1 Å². The summed E-state index contributed by atoms with van der Waals surface area (Å²) in [6, 6.07) is 4.91. The molecule has 20 heavy (non-hydrogen) atoms. The third-order valence-electron chi connectivity index (χ3n) is 3.23. The van der Waals surface area contributed by atoms with Gasteiger partial charge in [0.25, 0.3) is 5.89 Å². The van der Waals surface area contributed by atoms with E-state index < -0.39 is 9.84 Å². The molecule has 1 aromatic carbocycles. The van der Waals surface area contributed by atoms with Crippen molar-refractivity contribution in [2.75, 3.05) is 11.5 Å². The lowest BCUT2D eigenvalue weighted by atomic mass is 10.1. The zero-order valence-corrected chi connectivity index (χ0v) is 12.7. The van der Waals surface area contributed by atoms with Gasteiger partial charge in [-0.05, 0) is 40.5 Å². The Morgan fingerprint density at radius 2 is 2.20 bits per heavy atom. The van der Waals surface area contributed by atoms with Crippen LogP contribution in [0.4, 0.5) is 0 Å². The fourth-order valence-corrected chi connectivity index (χ4v) is 4.15. The number of nitrogens with zero attached hydrogens (tertiary/aromatic N) is 2. The molecule has 8 heteroatoms. The van der Waals surface area contributed by atoms with E-state index >= 15 is 0 Å². The molecule has 1 aliphatic rings. The average Bonchev–Trinajstić information content (AvgIpc) is 2.99. The van der Waals surface area contributed by atoms with Crippen LogP contribution in [0, 0.1) is 0 Å². The molecule has 1 fully saturated rings. The molecule has 0 radical (unpaired) electrons. The molecule has 1 aliphatic heterocycles. The van der Waals surface area contributed by atoms with Crippen LogP contribution in [0.5, 0.6) is 5.75 Å². The molecule has 3 rings (SSSR count). The van der Waals surface area contributed by atoms with E-state index in [1.807, 2.05) is 0 Å². The molecule has 1 aromatic heterocycles. The summed E-state index contributed by atoms with van der Waals surface area (Å²) in [7, 11) is -2.98. The predicted octanol–water partition coefficient (Wildman–Crippen LogP) is 2.11. The first-order chi connectivity index (χ1) is 9.44. The molecule has 6 nitrogen and oxygen atoms in total. The average molecular weight is 359 g/mol. The van der Waals surface area contributed by atoms with Crippen LogP contribution in [0.15, 0.2) is 27.2 Å². The van der Waals surface area contributed by atoms with Gasteiger partial charge in [-0.2, -0.15) is 4.98 Å². The van der Waals surface area contributed by atoms with Gasteiger partial charge >= 0.3 is 0 Å². The number of aromatic hydroxyl groups is 1. The minimum absolute atomic E-state index is 0.0670. The van der Waals surface area contributed by atoms with Gasteiger partial charge < -0.3 is 9.63 Å². The Balaban J connectivity index is 1.89. The Labute approximate surface area is 123 Å². The summed E-state index contributed by atoms with van der Waals surface area (Å²) in [5.41, 5.74) is 0.588. The molecule has 1 unspecified atom stereocenters. The van der Waals surface area contributed by atoms with Crippen molar-refractivity contribution in [3.63, 3.8) is 0 Å². The monoisotopic (exact) mass is 358 g/mol. The Bertz CT molecular complexity index is 757. The van der Waals surface area contributed by atoms with Gasteiger partial charge in [-0.15, -0.1) is 0 Å². The third kappa shape index (κ3) is 2.57. The van der Waals surface area contributed by atoms with E-state index in [1.54, 1.807) is 12.1 Å². The Hall–Kier alpha value is -1.41. The van der Waals surface area contributed by atoms with Crippen molar-refractivity contribution in [3.05, 3.63) is 28.5 Å². The lowest BCUT2D eigenvalue weighted by molar-refractivity contribution is 0.417. The highest BCUT2D eigenvalue weighted by Crippen LogP contribution is 2.31. The van der Waals surface area contributed by atoms with E-state index in [0.29, 0.717) is 22.3 Å². The SMILES string of the molecule is O=S1(=O)CCC(c2noc(-c3ccc(Br)c(O)c3)n2)C1. The number of hydrogen-bond donors (Lipinski definition) is 1. The molecule has 2 aromatic rings. The molecule has 0 aliphatic carbocycles. The van der Waals surface area contributed by atoms with Gasteiger partial charge in [0.15, 0.2) is 15.7 Å². The first-order valence-corrected chi connectivity index (χ1v) is 8.59. The number of sulfone groups is 1. The third-order valence-corrected chi connectivity index (χ3v) is 5.67. The second kappa shape index (κ2) is 4.85. The molecule has 2 heterocycles. The topological polar surface area (TPSA) is 93.3 Å². The van der Waals surface area contributed by atoms with Crippen LogP contribution in [-0.2, 0) is 9.84 Å². The smallest absolute Gasteiger partial charge is 0.258 e. The van der Waals surface area contributed by atoms with Crippen molar-refractivity contribution in [1.82, 2.24) is 10.1 Å². The summed E-state index contributed by atoms with van der Waals surface area (Å²) in [4.78, 5) is 4.23. The van der Waals surface area contributed by atoms with Gasteiger partial charge in [0.05, 0.1) is 16.0 Å². The molecular weight excluding hydrogens is 348 g/mol. The van der Waals surface area contributed by atoms with Crippen molar-refractivity contribution >= 4 is 25.8 Å². The number of phenolic OH excluding ortho intramolecular Hbond substituents is 1. The van der Waals surface area contributed by atoms with E-state index in [1.165, 1.54) is 6.07 Å². The van der Waals surface area contributed by atoms with E-state index in [4.69, 9.17) is 4.52 Å². The Morgan fingerprint density at radius 3 is 2.85 bits per heavy atom. The van der Waals surface area contributed by atoms with Crippen LogP contribution < -0.4 is 0 Å². The number of aromatic nitrogens is 2. The molecule has 1 N–H and O–H groups in total. The quantitative estimate of drug-likeness (QED) is 0.883. The van der Waals surface area contributed by atoms with E-state index in [0.717, 1.165) is 0 Å². The highest BCUT2D eigenvalue weighted by molar-refractivity contribution is 9.10. The van der Waals surface area contributed by atoms with Gasteiger partial charge in [-0.25, -0.2) is 8.42 Å². The first kappa shape index (κ1) is 13.6. The van der Waals surface area contributed by atoms with Crippen LogP contribution in [0.2, 0.25) is 0 Å². The minimum Gasteiger partial charge on any atom is -0.507 e. The Morgan fingerprint density at radius 1 is 1.40 bits per heavy atom. The summed E-state index contributed by atoms with van der Waals surface area (Å²) in [5, 5.41) is 13.5. The van der Waals surface area contributed by atoms with Crippen molar-refractivity contribution in [2.24, 2.45) is 0 Å².